The van der Waals surface area contributed by atoms with Gasteiger partial charge in [-0.3, -0.25) is 4.79 Å². The zero-order valence-electron chi connectivity index (χ0n) is 18.2. The number of benzene rings is 3. The molecular weight excluding hydrogens is 420 g/mol. The Morgan fingerprint density at radius 3 is 2.53 bits per heavy atom. The second-order valence-corrected chi connectivity index (χ2v) is 8.53. The molecule has 3 aromatic rings. The van der Waals surface area contributed by atoms with E-state index < -0.39 is 0 Å². The van der Waals surface area contributed by atoms with Crippen molar-refractivity contribution in [1.29, 1.82) is 0 Å². The molecule has 32 heavy (non-hydrogen) atoms. The van der Waals surface area contributed by atoms with Gasteiger partial charge in [0.1, 0.15) is 23.8 Å². The van der Waals surface area contributed by atoms with Crippen LogP contribution in [0.25, 0.3) is 6.08 Å². The maximum Gasteiger partial charge on any atom is 0.264 e. The lowest BCUT2D eigenvalue weighted by Crippen LogP contribution is -2.19. The van der Waals surface area contributed by atoms with Crippen molar-refractivity contribution >= 4 is 34.6 Å². The van der Waals surface area contributed by atoms with Gasteiger partial charge in [0.15, 0.2) is 5.17 Å². The number of nitrogens with one attached hydrogen (secondary N) is 1. The van der Waals surface area contributed by atoms with E-state index in [2.05, 4.69) is 29.4 Å². The second-order valence-electron chi connectivity index (χ2n) is 7.50. The number of amides is 1. The Hall–Kier alpha value is -3.51. The van der Waals surface area contributed by atoms with E-state index in [1.54, 1.807) is 7.11 Å². The Bertz CT molecular complexity index is 1200. The van der Waals surface area contributed by atoms with E-state index in [1.165, 1.54) is 17.3 Å². The molecule has 1 saturated heterocycles. The van der Waals surface area contributed by atoms with E-state index in [0.717, 1.165) is 22.4 Å². The number of amidine groups is 1. The summed E-state index contributed by atoms with van der Waals surface area (Å²) in [6.07, 6.45) is 1.85. The van der Waals surface area contributed by atoms with Crippen LogP contribution in [0.15, 0.2) is 76.6 Å². The predicted octanol–water partition coefficient (Wildman–Crippen LogP) is 5.78. The smallest absolute Gasteiger partial charge is 0.264 e. The fourth-order valence-electron chi connectivity index (χ4n) is 3.26. The highest BCUT2D eigenvalue weighted by atomic mass is 32.2. The first-order valence-corrected chi connectivity index (χ1v) is 11.0. The van der Waals surface area contributed by atoms with Crippen molar-refractivity contribution in [3.63, 3.8) is 0 Å². The molecule has 1 aliphatic rings. The van der Waals surface area contributed by atoms with Crippen molar-refractivity contribution < 1.29 is 14.3 Å². The average Bonchev–Trinajstić information content (AvgIpc) is 3.12. The summed E-state index contributed by atoms with van der Waals surface area (Å²) in [7, 11) is 1.61. The molecule has 0 spiro atoms. The monoisotopic (exact) mass is 444 g/mol. The van der Waals surface area contributed by atoms with Crippen molar-refractivity contribution in [2.75, 3.05) is 7.11 Å². The van der Waals surface area contributed by atoms with Crippen LogP contribution < -0.4 is 14.8 Å². The van der Waals surface area contributed by atoms with Gasteiger partial charge in [-0.25, -0.2) is 4.99 Å². The number of hydrogen-bond donors (Lipinski definition) is 1. The number of rotatable bonds is 6. The molecule has 1 N–H and O–H groups in total. The molecule has 1 aliphatic heterocycles. The van der Waals surface area contributed by atoms with Gasteiger partial charge in [0, 0.05) is 0 Å². The number of aliphatic imine (C=N–C) groups is 1. The summed E-state index contributed by atoms with van der Waals surface area (Å²) in [5.74, 6) is 1.28. The van der Waals surface area contributed by atoms with Crippen LogP contribution in [-0.2, 0) is 11.4 Å². The van der Waals surface area contributed by atoms with Gasteiger partial charge in [-0.2, -0.15) is 0 Å². The lowest BCUT2D eigenvalue weighted by Gasteiger charge is -2.07. The molecule has 0 aliphatic carbocycles. The molecule has 4 rings (SSSR count). The summed E-state index contributed by atoms with van der Waals surface area (Å²) in [6.45, 7) is 4.57. The fourth-order valence-corrected chi connectivity index (χ4v) is 4.09. The van der Waals surface area contributed by atoms with Crippen LogP contribution >= 0.6 is 11.8 Å². The number of carbonyl (C=O) groups excluding carboxylic acids is 1. The standard InChI is InChI=1S/C26H24N2O3S/c1-17-5-4-6-20(13-17)16-31-21-10-8-19(9-11-21)15-24-25(29)28-26(32-24)27-22-14-18(2)7-12-23(22)30-3/h4-15H,16H2,1-3H3,(H,27,28,29)/b24-15-. The van der Waals surface area contributed by atoms with Gasteiger partial charge in [-0.15, -0.1) is 0 Å². The van der Waals surface area contributed by atoms with Crippen LogP contribution in [0.3, 0.4) is 0 Å². The zero-order valence-corrected chi connectivity index (χ0v) is 19.0. The van der Waals surface area contributed by atoms with Crippen molar-refractivity contribution in [2.24, 2.45) is 4.99 Å². The molecule has 0 atom stereocenters. The third-order valence-electron chi connectivity index (χ3n) is 4.87. The van der Waals surface area contributed by atoms with Gasteiger partial charge in [0.05, 0.1) is 12.0 Å². The third kappa shape index (κ3) is 5.39. The van der Waals surface area contributed by atoms with Gasteiger partial charge in [0.2, 0.25) is 0 Å². The van der Waals surface area contributed by atoms with Crippen LogP contribution in [-0.4, -0.2) is 18.2 Å². The highest BCUT2D eigenvalue weighted by molar-refractivity contribution is 8.18. The number of carbonyl (C=O) groups is 1. The topological polar surface area (TPSA) is 59.9 Å². The minimum atomic E-state index is -0.167. The lowest BCUT2D eigenvalue weighted by molar-refractivity contribution is -0.115. The van der Waals surface area contributed by atoms with E-state index >= 15 is 0 Å². The van der Waals surface area contributed by atoms with E-state index in [1.807, 2.05) is 67.6 Å². The normalized spacial score (nSPS) is 15.8. The van der Waals surface area contributed by atoms with Gasteiger partial charge in [-0.1, -0.05) is 48.0 Å². The number of ether oxygens (including phenoxy) is 2. The molecule has 0 saturated carbocycles. The Morgan fingerprint density at radius 1 is 1.00 bits per heavy atom. The Morgan fingerprint density at radius 2 is 1.78 bits per heavy atom. The van der Waals surface area contributed by atoms with Crippen LogP contribution in [0.5, 0.6) is 11.5 Å². The fraction of sp³-hybridized carbons (Fsp3) is 0.154. The van der Waals surface area contributed by atoms with Crippen molar-refractivity contribution in [2.45, 2.75) is 20.5 Å². The number of methoxy groups -OCH3 is 1. The summed E-state index contributed by atoms with van der Waals surface area (Å²) < 4.78 is 11.2. The second kappa shape index (κ2) is 9.75. The van der Waals surface area contributed by atoms with E-state index in [4.69, 9.17) is 9.47 Å². The molecule has 0 bridgehead atoms. The molecule has 1 fully saturated rings. The summed E-state index contributed by atoms with van der Waals surface area (Å²) in [4.78, 5) is 17.6. The van der Waals surface area contributed by atoms with E-state index in [-0.39, 0.29) is 5.91 Å². The summed E-state index contributed by atoms with van der Waals surface area (Å²) in [5, 5.41) is 3.35. The molecule has 5 nitrogen and oxygen atoms in total. The molecule has 6 heteroatoms. The average molecular weight is 445 g/mol. The van der Waals surface area contributed by atoms with Crippen molar-refractivity contribution in [3.05, 3.63) is 93.9 Å². The summed E-state index contributed by atoms with van der Waals surface area (Å²) in [5.41, 5.74) is 5.02. The minimum absolute atomic E-state index is 0.167. The Balaban J connectivity index is 1.44. The van der Waals surface area contributed by atoms with Crippen molar-refractivity contribution in [3.8, 4) is 11.5 Å². The van der Waals surface area contributed by atoms with E-state index in [9.17, 15) is 4.79 Å². The summed E-state index contributed by atoms with van der Waals surface area (Å²) in [6, 6.07) is 21.7. The first-order chi connectivity index (χ1) is 15.5. The van der Waals surface area contributed by atoms with Crippen LogP contribution in [0.1, 0.15) is 22.3 Å². The summed E-state index contributed by atoms with van der Waals surface area (Å²) >= 11 is 1.31. The van der Waals surface area contributed by atoms with Gasteiger partial charge in [-0.05, 0) is 72.6 Å². The van der Waals surface area contributed by atoms with Gasteiger partial charge < -0.3 is 14.8 Å². The predicted molar refractivity (Wildman–Crippen MR) is 130 cm³/mol. The molecular formula is C26H24N2O3S. The first-order valence-electron chi connectivity index (χ1n) is 10.2. The molecule has 0 radical (unpaired) electrons. The SMILES string of the molecule is COc1ccc(C)cc1N=C1NC(=O)/C(=C/c2ccc(OCc3cccc(C)c3)cc2)S1. The highest BCUT2D eigenvalue weighted by Crippen LogP contribution is 2.33. The molecule has 162 valence electrons. The van der Waals surface area contributed by atoms with E-state index in [0.29, 0.717) is 28.1 Å². The third-order valence-corrected chi connectivity index (χ3v) is 5.78. The minimum Gasteiger partial charge on any atom is -0.494 e. The maximum atomic E-state index is 12.4. The lowest BCUT2D eigenvalue weighted by atomic mass is 10.1. The molecule has 0 aromatic heterocycles. The zero-order chi connectivity index (χ0) is 22.5. The Labute approximate surface area is 192 Å². The molecule has 1 heterocycles. The molecule has 1 amide bonds. The molecule has 0 unspecified atom stereocenters. The first kappa shape index (κ1) is 21.7. The number of hydrogen-bond acceptors (Lipinski definition) is 5. The maximum absolute atomic E-state index is 12.4. The van der Waals surface area contributed by atoms with Crippen LogP contribution in [0.2, 0.25) is 0 Å². The van der Waals surface area contributed by atoms with Crippen molar-refractivity contribution in [1.82, 2.24) is 5.32 Å². The largest absolute Gasteiger partial charge is 0.494 e. The number of aryl methyl sites for hydroxylation is 2. The van der Waals surface area contributed by atoms with Crippen LogP contribution in [0, 0.1) is 13.8 Å². The number of nitrogens with zero attached hydrogens (tertiary/aromatic N) is 1. The quantitative estimate of drug-likeness (QED) is 0.490. The van der Waals surface area contributed by atoms with Gasteiger partial charge >= 0.3 is 0 Å². The highest BCUT2D eigenvalue weighted by Gasteiger charge is 2.24. The van der Waals surface area contributed by atoms with Gasteiger partial charge in [0.25, 0.3) is 5.91 Å². The van der Waals surface area contributed by atoms with Crippen LogP contribution in [0.4, 0.5) is 5.69 Å². The Kier molecular flexibility index (Phi) is 6.61. The number of thioether (sulfide) groups is 1. The molecule has 3 aromatic carbocycles.